The third-order valence-corrected chi connectivity index (χ3v) is 3.57. The Morgan fingerprint density at radius 2 is 2.12 bits per heavy atom. The van der Waals surface area contributed by atoms with Crippen LogP contribution in [0.4, 0.5) is 0 Å². The number of nitrogens with zero attached hydrogens (tertiary/aromatic N) is 2. The van der Waals surface area contributed by atoms with Crippen LogP contribution in [0.15, 0.2) is 35.8 Å². The van der Waals surface area contributed by atoms with Crippen molar-refractivity contribution in [1.29, 1.82) is 0 Å². The van der Waals surface area contributed by atoms with Crippen molar-refractivity contribution in [1.82, 2.24) is 9.97 Å². The number of hydrogen-bond acceptors (Lipinski definition) is 3. The number of rotatable bonds is 1. The summed E-state index contributed by atoms with van der Waals surface area (Å²) >= 11 is 7.62. The third kappa shape index (κ3) is 2.04. The van der Waals surface area contributed by atoms with Crippen LogP contribution in [0.5, 0.6) is 0 Å². The first-order valence-electron chi connectivity index (χ1n) is 5.20. The fourth-order valence-electron chi connectivity index (χ4n) is 1.74. The van der Waals surface area contributed by atoms with E-state index in [0.717, 1.165) is 32.2 Å². The van der Waals surface area contributed by atoms with Crippen LogP contribution in [0.2, 0.25) is 5.02 Å². The zero-order valence-electron chi connectivity index (χ0n) is 9.14. The molecule has 2 nitrogen and oxygen atoms in total. The maximum atomic E-state index is 5.98. The summed E-state index contributed by atoms with van der Waals surface area (Å²) in [6.45, 7) is 2.00. The number of aryl methyl sites for hydroxylation is 1. The largest absolute Gasteiger partial charge is 0.256 e. The molecule has 0 radical (unpaired) electrons. The second-order valence-corrected chi connectivity index (χ2v) is 5.31. The van der Waals surface area contributed by atoms with Crippen LogP contribution in [-0.2, 0) is 0 Å². The topological polar surface area (TPSA) is 25.8 Å². The summed E-state index contributed by atoms with van der Waals surface area (Å²) < 4.78 is 0. The molecular weight excluding hydrogens is 252 g/mol. The van der Waals surface area contributed by atoms with Gasteiger partial charge in [0.1, 0.15) is 0 Å². The van der Waals surface area contributed by atoms with E-state index in [9.17, 15) is 0 Å². The van der Waals surface area contributed by atoms with Crippen LogP contribution in [-0.4, -0.2) is 9.97 Å². The van der Waals surface area contributed by atoms with E-state index < -0.39 is 0 Å². The molecule has 4 heteroatoms. The number of pyridine rings is 1. The van der Waals surface area contributed by atoms with Crippen molar-refractivity contribution in [2.45, 2.75) is 6.92 Å². The molecule has 0 aliphatic rings. The lowest BCUT2D eigenvalue weighted by molar-refractivity contribution is 1.29. The van der Waals surface area contributed by atoms with Crippen LogP contribution in [0.1, 0.15) is 5.01 Å². The van der Waals surface area contributed by atoms with Crippen LogP contribution in [0, 0.1) is 6.92 Å². The fourth-order valence-corrected chi connectivity index (χ4v) is 2.54. The molecule has 0 aliphatic carbocycles. The molecule has 84 valence electrons. The van der Waals surface area contributed by atoms with Crippen molar-refractivity contribution in [3.63, 3.8) is 0 Å². The summed E-state index contributed by atoms with van der Waals surface area (Å²) in [6, 6.07) is 7.77. The van der Waals surface area contributed by atoms with Gasteiger partial charge in [0.25, 0.3) is 0 Å². The number of benzene rings is 1. The Morgan fingerprint density at radius 1 is 1.24 bits per heavy atom. The predicted octanol–water partition coefficient (Wildman–Crippen LogP) is 4.32. The van der Waals surface area contributed by atoms with Crippen molar-refractivity contribution in [3.05, 3.63) is 45.9 Å². The highest BCUT2D eigenvalue weighted by Crippen LogP contribution is 2.25. The Kier molecular flexibility index (Phi) is 2.57. The van der Waals surface area contributed by atoms with E-state index in [1.807, 2.05) is 36.7 Å². The molecule has 2 aromatic heterocycles. The molecule has 0 spiro atoms. The highest BCUT2D eigenvalue weighted by molar-refractivity contribution is 7.09. The Morgan fingerprint density at radius 3 is 2.88 bits per heavy atom. The van der Waals surface area contributed by atoms with Crippen molar-refractivity contribution in [2.75, 3.05) is 0 Å². The zero-order valence-corrected chi connectivity index (χ0v) is 10.7. The molecule has 2 heterocycles. The first kappa shape index (κ1) is 10.7. The molecule has 17 heavy (non-hydrogen) atoms. The van der Waals surface area contributed by atoms with Crippen LogP contribution in [0.25, 0.3) is 22.2 Å². The Labute approximate surface area is 108 Å². The normalized spacial score (nSPS) is 10.9. The SMILES string of the molecule is Cc1nc(-c2cnc3ccc(Cl)cc3c2)cs1. The minimum Gasteiger partial charge on any atom is -0.256 e. The Balaban J connectivity index is 2.18. The standard InChI is InChI=1S/C13H9ClN2S/c1-8-16-13(7-17-8)10-4-9-5-11(14)2-3-12(9)15-6-10/h2-7H,1H3. The molecule has 0 atom stereocenters. The molecule has 0 saturated carbocycles. The second-order valence-electron chi connectivity index (χ2n) is 3.81. The molecular formula is C13H9ClN2S. The lowest BCUT2D eigenvalue weighted by atomic mass is 10.1. The van der Waals surface area contributed by atoms with Crippen LogP contribution in [0.3, 0.4) is 0 Å². The van der Waals surface area contributed by atoms with Gasteiger partial charge in [0.15, 0.2) is 0 Å². The lowest BCUT2D eigenvalue weighted by Gasteiger charge is -2.00. The minimum absolute atomic E-state index is 0.728. The Hall–Kier alpha value is -1.45. The third-order valence-electron chi connectivity index (χ3n) is 2.56. The molecule has 0 aliphatic heterocycles. The van der Waals surface area contributed by atoms with E-state index in [-0.39, 0.29) is 0 Å². The average molecular weight is 261 g/mol. The number of aromatic nitrogens is 2. The van der Waals surface area contributed by atoms with E-state index in [1.54, 1.807) is 11.3 Å². The molecule has 3 aromatic rings. The number of halogens is 1. The summed E-state index contributed by atoms with van der Waals surface area (Å²) in [7, 11) is 0. The van der Waals surface area contributed by atoms with E-state index in [4.69, 9.17) is 11.6 Å². The van der Waals surface area contributed by atoms with Gasteiger partial charge in [-0.05, 0) is 31.2 Å². The van der Waals surface area contributed by atoms with Gasteiger partial charge in [-0.15, -0.1) is 11.3 Å². The van der Waals surface area contributed by atoms with Crippen LogP contribution >= 0.6 is 22.9 Å². The highest BCUT2D eigenvalue weighted by atomic mass is 35.5. The van der Waals surface area contributed by atoms with E-state index in [2.05, 4.69) is 16.0 Å². The maximum absolute atomic E-state index is 5.98. The summed E-state index contributed by atoms with van der Waals surface area (Å²) in [6.07, 6.45) is 1.85. The molecule has 1 aromatic carbocycles. The van der Waals surface area contributed by atoms with Gasteiger partial charge in [0, 0.05) is 27.5 Å². The van der Waals surface area contributed by atoms with Gasteiger partial charge in [-0.3, -0.25) is 4.98 Å². The van der Waals surface area contributed by atoms with E-state index in [0.29, 0.717) is 0 Å². The van der Waals surface area contributed by atoms with Gasteiger partial charge in [-0.25, -0.2) is 4.98 Å². The van der Waals surface area contributed by atoms with E-state index >= 15 is 0 Å². The fraction of sp³-hybridized carbons (Fsp3) is 0.0769. The van der Waals surface area contributed by atoms with E-state index in [1.165, 1.54) is 0 Å². The lowest BCUT2D eigenvalue weighted by Crippen LogP contribution is -1.83. The number of fused-ring (bicyclic) bond motifs is 1. The first-order valence-corrected chi connectivity index (χ1v) is 6.46. The monoisotopic (exact) mass is 260 g/mol. The molecule has 0 N–H and O–H groups in total. The van der Waals surface area contributed by atoms with Crippen LogP contribution < -0.4 is 0 Å². The molecule has 0 unspecified atom stereocenters. The van der Waals surface area contributed by atoms with Crippen molar-refractivity contribution in [2.24, 2.45) is 0 Å². The smallest absolute Gasteiger partial charge is 0.0901 e. The first-order chi connectivity index (χ1) is 8.22. The van der Waals surface area contributed by atoms with Gasteiger partial charge >= 0.3 is 0 Å². The molecule has 0 fully saturated rings. The minimum atomic E-state index is 0.728. The Bertz CT molecular complexity index is 691. The van der Waals surface area contributed by atoms with Gasteiger partial charge < -0.3 is 0 Å². The molecule has 0 bridgehead atoms. The molecule has 0 amide bonds. The zero-order chi connectivity index (χ0) is 11.8. The van der Waals surface area contributed by atoms with Gasteiger partial charge in [-0.2, -0.15) is 0 Å². The van der Waals surface area contributed by atoms with Gasteiger partial charge in [-0.1, -0.05) is 11.6 Å². The van der Waals surface area contributed by atoms with Gasteiger partial charge in [0.05, 0.1) is 16.2 Å². The summed E-state index contributed by atoms with van der Waals surface area (Å²) in [4.78, 5) is 8.87. The summed E-state index contributed by atoms with van der Waals surface area (Å²) in [5.74, 6) is 0. The summed E-state index contributed by atoms with van der Waals surface area (Å²) in [5, 5.41) is 4.88. The summed E-state index contributed by atoms with van der Waals surface area (Å²) in [5.41, 5.74) is 2.95. The highest BCUT2D eigenvalue weighted by Gasteiger charge is 2.04. The maximum Gasteiger partial charge on any atom is 0.0901 e. The predicted molar refractivity (Wildman–Crippen MR) is 72.6 cm³/mol. The van der Waals surface area contributed by atoms with Crippen molar-refractivity contribution >= 4 is 33.8 Å². The number of hydrogen-bond donors (Lipinski definition) is 0. The van der Waals surface area contributed by atoms with Crippen molar-refractivity contribution < 1.29 is 0 Å². The average Bonchev–Trinajstić information content (AvgIpc) is 2.75. The molecule has 0 saturated heterocycles. The van der Waals surface area contributed by atoms with Gasteiger partial charge in [0.2, 0.25) is 0 Å². The second kappa shape index (κ2) is 4.09. The quantitative estimate of drug-likeness (QED) is 0.651. The van der Waals surface area contributed by atoms with Crippen molar-refractivity contribution in [3.8, 4) is 11.3 Å². The number of thiazole rings is 1. The molecule has 3 rings (SSSR count).